The fourth-order valence-corrected chi connectivity index (χ4v) is 6.82. The van der Waals surface area contributed by atoms with Crippen LogP contribution in [0.15, 0.2) is 35.1 Å². The van der Waals surface area contributed by atoms with Crippen LogP contribution in [0.5, 0.6) is 11.5 Å². The Bertz CT molecular complexity index is 661. The summed E-state index contributed by atoms with van der Waals surface area (Å²) in [5.41, 5.74) is 2.65. The first kappa shape index (κ1) is 17.9. The Hall–Kier alpha value is -1.48. The van der Waals surface area contributed by atoms with Gasteiger partial charge in [0, 0.05) is 5.56 Å². The van der Waals surface area contributed by atoms with Crippen LogP contribution in [-0.4, -0.2) is 22.3 Å². The van der Waals surface area contributed by atoms with E-state index in [4.69, 9.17) is 9.47 Å². The van der Waals surface area contributed by atoms with E-state index in [0.717, 1.165) is 17.9 Å². The molecule has 0 amide bonds. The number of ether oxygens (including phenoxy) is 2. The van der Waals surface area contributed by atoms with Gasteiger partial charge in [-0.2, -0.15) is 0 Å². The van der Waals surface area contributed by atoms with E-state index < -0.39 is 8.07 Å². The lowest BCUT2D eigenvalue weighted by molar-refractivity contribution is 0.391. The van der Waals surface area contributed by atoms with E-state index >= 15 is 0 Å². The fraction of sp³-hybridized carbons (Fsp3) is 0.500. The predicted molar refractivity (Wildman–Crippen MR) is 102 cm³/mol. The van der Waals surface area contributed by atoms with Crippen molar-refractivity contribution in [1.82, 2.24) is 0 Å². The number of hydrogen-bond donors (Lipinski definition) is 0. The zero-order chi connectivity index (χ0) is 17.4. The molecular formula is C20H30O2Si. The van der Waals surface area contributed by atoms with Gasteiger partial charge < -0.3 is 9.47 Å². The van der Waals surface area contributed by atoms with Gasteiger partial charge in [0.15, 0.2) is 0 Å². The van der Waals surface area contributed by atoms with Gasteiger partial charge in [0.2, 0.25) is 0 Å². The average Bonchev–Trinajstić information content (AvgIpc) is 2.91. The maximum absolute atomic E-state index is 5.92. The highest BCUT2D eigenvalue weighted by Gasteiger charge is 2.36. The first-order valence-electron chi connectivity index (χ1n) is 8.26. The molecule has 0 aliphatic heterocycles. The number of benzene rings is 1. The second-order valence-corrected chi connectivity index (χ2v) is 12.3. The molecule has 0 atom stereocenters. The van der Waals surface area contributed by atoms with E-state index in [0.29, 0.717) is 0 Å². The maximum atomic E-state index is 5.92. The molecule has 23 heavy (non-hydrogen) atoms. The summed E-state index contributed by atoms with van der Waals surface area (Å²) >= 11 is 0. The van der Waals surface area contributed by atoms with Gasteiger partial charge in [0.05, 0.1) is 14.2 Å². The van der Waals surface area contributed by atoms with Gasteiger partial charge >= 0.3 is 0 Å². The summed E-state index contributed by atoms with van der Waals surface area (Å²) in [7, 11) is 1.71. The van der Waals surface area contributed by atoms with Crippen molar-refractivity contribution in [2.45, 2.75) is 52.6 Å². The van der Waals surface area contributed by atoms with Crippen LogP contribution in [0.25, 0.3) is 0 Å². The Balaban J connectivity index is 2.73. The molecule has 2 nitrogen and oxygen atoms in total. The molecule has 0 aromatic heterocycles. The molecule has 0 spiro atoms. The van der Waals surface area contributed by atoms with E-state index in [-0.39, 0.29) is 5.41 Å². The highest BCUT2D eigenvalue weighted by atomic mass is 28.3. The summed E-state index contributed by atoms with van der Waals surface area (Å²) in [5, 5.41) is 2.92. The van der Waals surface area contributed by atoms with Crippen LogP contribution >= 0.6 is 0 Å². The van der Waals surface area contributed by atoms with Crippen LogP contribution in [0.4, 0.5) is 0 Å². The minimum absolute atomic E-state index is 0.0104. The Kier molecular flexibility index (Phi) is 4.81. The predicted octanol–water partition coefficient (Wildman–Crippen LogP) is 4.73. The number of rotatable bonds is 4. The molecule has 0 unspecified atom stereocenters. The molecule has 0 heterocycles. The summed E-state index contributed by atoms with van der Waals surface area (Å²) in [6.07, 6.45) is 5.59. The van der Waals surface area contributed by atoms with Crippen molar-refractivity contribution < 1.29 is 9.47 Å². The Morgan fingerprint density at radius 2 is 1.70 bits per heavy atom. The quantitative estimate of drug-likeness (QED) is 0.743. The van der Waals surface area contributed by atoms with Crippen LogP contribution in [0.3, 0.4) is 0 Å². The van der Waals surface area contributed by atoms with Crippen molar-refractivity contribution >= 4 is 13.3 Å². The molecule has 0 radical (unpaired) electrons. The topological polar surface area (TPSA) is 18.5 Å². The van der Waals surface area contributed by atoms with Crippen molar-refractivity contribution in [3.8, 4) is 11.5 Å². The van der Waals surface area contributed by atoms with Crippen LogP contribution in [0.2, 0.25) is 13.1 Å². The van der Waals surface area contributed by atoms with E-state index in [1.807, 2.05) is 0 Å². The zero-order valence-corrected chi connectivity index (χ0v) is 16.8. The van der Waals surface area contributed by atoms with Crippen LogP contribution in [0.1, 0.15) is 39.7 Å². The minimum atomic E-state index is -1.82. The molecule has 0 fully saturated rings. The molecule has 1 aliphatic carbocycles. The number of allylic oxidation sites excluding steroid dienone is 4. The molecule has 2 rings (SSSR count). The van der Waals surface area contributed by atoms with E-state index in [9.17, 15) is 0 Å². The van der Waals surface area contributed by atoms with Crippen molar-refractivity contribution in [2.24, 2.45) is 0 Å². The lowest BCUT2D eigenvalue weighted by atomic mass is 9.86. The third kappa shape index (κ3) is 3.25. The summed E-state index contributed by atoms with van der Waals surface area (Å²) in [5.74, 6) is 1.97. The van der Waals surface area contributed by atoms with Gasteiger partial charge in [-0.15, -0.1) is 0 Å². The second-order valence-electron chi connectivity index (χ2n) is 7.90. The van der Waals surface area contributed by atoms with E-state index in [1.54, 1.807) is 19.4 Å². The first-order chi connectivity index (χ1) is 10.6. The maximum Gasteiger partial charge on any atom is 0.122 e. The lowest BCUT2D eigenvalue weighted by Gasteiger charge is -2.32. The second kappa shape index (κ2) is 6.20. The summed E-state index contributed by atoms with van der Waals surface area (Å²) in [6, 6.07) is 4.32. The summed E-state index contributed by atoms with van der Waals surface area (Å²) in [6.45, 7) is 13.7. The van der Waals surface area contributed by atoms with Crippen molar-refractivity contribution in [3.05, 3.63) is 40.6 Å². The number of methoxy groups -OCH3 is 2. The Morgan fingerprint density at radius 3 is 2.13 bits per heavy atom. The van der Waals surface area contributed by atoms with Gasteiger partial charge in [-0.3, -0.25) is 0 Å². The number of hydrogen-bond acceptors (Lipinski definition) is 2. The lowest BCUT2D eigenvalue weighted by Crippen LogP contribution is -2.45. The largest absolute Gasteiger partial charge is 0.497 e. The van der Waals surface area contributed by atoms with Gasteiger partial charge in [-0.05, 0) is 36.1 Å². The zero-order valence-electron chi connectivity index (χ0n) is 15.8. The third-order valence-corrected chi connectivity index (χ3v) is 8.73. The van der Waals surface area contributed by atoms with Crippen molar-refractivity contribution in [3.63, 3.8) is 0 Å². The SMILES string of the molecule is COc1cc(C(C)(C)C)c(OC)c([Si](C)(C)C2=C(C)C=CC2)c1. The molecule has 1 aromatic rings. The van der Waals surface area contributed by atoms with Gasteiger partial charge in [-0.25, -0.2) is 0 Å². The fourth-order valence-electron chi connectivity index (χ4n) is 3.49. The standard InChI is InChI=1S/C20H30O2Si/c1-14-10-9-11-17(14)23(7,8)18-13-15(21-5)12-16(19(18)22-6)20(2,3)4/h9-10,12-13H,11H2,1-8H3. The van der Waals surface area contributed by atoms with Gasteiger partial charge in [0.25, 0.3) is 0 Å². The van der Waals surface area contributed by atoms with Crippen LogP contribution in [0, 0.1) is 0 Å². The van der Waals surface area contributed by atoms with Crippen LogP contribution in [-0.2, 0) is 5.41 Å². The van der Waals surface area contributed by atoms with Gasteiger partial charge in [-0.1, -0.05) is 56.8 Å². The molecule has 0 bridgehead atoms. The normalized spacial score (nSPS) is 15.3. The molecule has 0 saturated heterocycles. The minimum Gasteiger partial charge on any atom is -0.497 e. The molecule has 1 aliphatic rings. The summed E-state index contributed by atoms with van der Waals surface area (Å²) < 4.78 is 11.5. The smallest absolute Gasteiger partial charge is 0.122 e. The third-order valence-electron chi connectivity index (χ3n) is 4.90. The molecule has 3 heteroatoms. The highest BCUT2D eigenvalue weighted by Crippen LogP contribution is 2.37. The Morgan fingerprint density at radius 1 is 1.04 bits per heavy atom. The molecular weight excluding hydrogens is 300 g/mol. The Labute approximate surface area is 142 Å². The molecule has 0 saturated carbocycles. The van der Waals surface area contributed by atoms with Gasteiger partial charge in [0.1, 0.15) is 19.6 Å². The highest BCUT2D eigenvalue weighted by molar-refractivity contribution is 6.96. The molecule has 1 aromatic carbocycles. The van der Waals surface area contributed by atoms with E-state index in [2.05, 4.69) is 65.1 Å². The monoisotopic (exact) mass is 330 g/mol. The van der Waals surface area contributed by atoms with E-state index in [1.165, 1.54) is 16.3 Å². The molecule has 0 N–H and O–H groups in total. The van der Waals surface area contributed by atoms with Crippen LogP contribution < -0.4 is 14.7 Å². The summed E-state index contributed by atoms with van der Waals surface area (Å²) in [4.78, 5) is 0. The molecule has 126 valence electrons. The first-order valence-corrected chi connectivity index (χ1v) is 11.3. The van der Waals surface area contributed by atoms with Crippen molar-refractivity contribution in [1.29, 1.82) is 0 Å². The average molecular weight is 331 g/mol. The van der Waals surface area contributed by atoms with Crippen molar-refractivity contribution in [2.75, 3.05) is 14.2 Å².